The molecule has 0 saturated heterocycles. The molecule has 1 N–H and O–H groups in total. The minimum absolute atomic E-state index is 0.348. The van der Waals surface area contributed by atoms with Crippen LogP contribution in [0.5, 0.6) is 0 Å². The second kappa shape index (κ2) is 7.53. The molecular weight excluding hydrogens is 296 g/mol. The number of nitrogens with one attached hydrogen (secondary N) is 1. The van der Waals surface area contributed by atoms with E-state index in [0.717, 1.165) is 23.4 Å². The maximum Gasteiger partial charge on any atom is 0.224 e. The van der Waals surface area contributed by atoms with Gasteiger partial charge in [0, 0.05) is 32.4 Å². The molecule has 0 radical (unpaired) electrons. The van der Waals surface area contributed by atoms with Crippen molar-refractivity contribution in [3.05, 3.63) is 10.7 Å². The zero-order chi connectivity index (χ0) is 13.5. The standard InChI is InChI=1S/C12H21BrN4O/c1-5-14-12-15-8-10(13)11(16-12)17(9(2)3)6-7-18-4/h8-9H,5-7H2,1-4H3,(H,14,15,16). The molecule has 1 aromatic rings. The Hall–Kier alpha value is -0.880. The number of nitrogens with zero attached hydrogens (tertiary/aromatic N) is 3. The molecular formula is C12H21BrN4O. The summed E-state index contributed by atoms with van der Waals surface area (Å²) in [5.74, 6) is 1.55. The highest BCUT2D eigenvalue weighted by molar-refractivity contribution is 9.10. The van der Waals surface area contributed by atoms with Gasteiger partial charge in [0.15, 0.2) is 0 Å². The summed E-state index contributed by atoms with van der Waals surface area (Å²) in [5.41, 5.74) is 0. The van der Waals surface area contributed by atoms with Gasteiger partial charge in [0.1, 0.15) is 5.82 Å². The predicted molar refractivity (Wildman–Crippen MR) is 78.3 cm³/mol. The lowest BCUT2D eigenvalue weighted by atomic mass is 10.3. The molecule has 0 fully saturated rings. The van der Waals surface area contributed by atoms with Gasteiger partial charge in [-0.05, 0) is 36.7 Å². The smallest absolute Gasteiger partial charge is 0.224 e. The van der Waals surface area contributed by atoms with E-state index in [1.807, 2.05) is 6.92 Å². The Morgan fingerprint density at radius 2 is 2.22 bits per heavy atom. The van der Waals surface area contributed by atoms with Gasteiger partial charge in [-0.3, -0.25) is 0 Å². The van der Waals surface area contributed by atoms with Gasteiger partial charge in [-0.1, -0.05) is 0 Å². The van der Waals surface area contributed by atoms with E-state index in [0.29, 0.717) is 18.6 Å². The van der Waals surface area contributed by atoms with E-state index < -0.39 is 0 Å². The number of anilines is 2. The molecule has 1 heterocycles. The van der Waals surface area contributed by atoms with E-state index in [1.165, 1.54) is 0 Å². The molecule has 6 heteroatoms. The molecule has 0 aliphatic rings. The molecule has 0 atom stereocenters. The summed E-state index contributed by atoms with van der Waals surface area (Å²) in [4.78, 5) is 11.0. The maximum absolute atomic E-state index is 5.15. The highest BCUT2D eigenvalue weighted by Crippen LogP contribution is 2.25. The topological polar surface area (TPSA) is 50.3 Å². The first kappa shape index (κ1) is 15.2. The minimum atomic E-state index is 0.348. The quantitative estimate of drug-likeness (QED) is 0.837. The Morgan fingerprint density at radius 3 is 2.78 bits per heavy atom. The fourth-order valence-corrected chi connectivity index (χ4v) is 2.02. The van der Waals surface area contributed by atoms with Gasteiger partial charge in [-0.2, -0.15) is 4.98 Å². The number of methoxy groups -OCH3 is 1. The summed E-state index contributed by atoms with van der Waals surface area (Å²) in [6.07, 6.45) is 1.78. The lowest BCUT2D eigenvalue weighted by Gasteiger charge is -2.28. The summed E-state index contributed by atoms with van der Waals surface area (Å²) in [6.45, 7) is 8.58. The van der Waals surface area contributed by atoms with E-state index in [-0.39, 0.29) is 0 Å². The molecule has 0 aromatic carbocycles. The highest BCUT2D eigenvalue weighted by Gasteiger charge is 2.16. The van der Waals surface area contributed by atoms with Crippen LogP contribution in [0, 0.1) is 0 Å². The average molecular weight is 317 g/mol. The molecule has 0 saturated carbocycles. The van der Waals surface area contributed by atoms with Crippen molar-refractivity contribution in [2.75, 3.05) is 37.0 Å². The van der Waals surface area contributed by atoms with Crippen LogP contribution in [0.15, 0.2) is 10.7 Å². The van der Waals surface area contributed by atoms with Crippen molar-refractivity contribution >= 4 is 27.7 Å². The Labute approximate surface area is 117 Å². The third-order valence-electron chi connectivity index (χ3n) is 2.49. The third-order valence-corrected chi connectivity index (χ3v) is 3.05. The number of hydrogen-bond acceptors (Lipinski definition) is 5. The zero-order valence-corrected chi connectivity index (χ0v) is 13.0. The fraction of sp³-hybridized carbons (Fsp3) is 0.667. The van der Waals surface area contributed by atoms with Crippen molar-refractivity contribution in [1.82, 2.24) is 9.97 Å². The molecule has 0 aliphatic carbocycles. The zero-order valence-electron chi connectivity index (χ0n) is 11.4. The molecule has 0 bridgehead atoms. The van der Waals surface area contributed by atoms with Gasteiger partial charge in [0.05, 0.1) is 11.1 Å². The summed E-state index contributed by atoms with van der Waals surface area (Å²) >= 11 is 3.51. The van der Waals surface area contributed by atoms with E-state index >= 15 is 0 Å². The molecule has 1 rings (SSSR count). The Morgan fingerprint density at radius 1 is 1.50 bits per heavy atom. The molecule has 102 valence electrons. The summed E-state index contributed by atoms with van der Waals surface area (Å²) in [6, 6.07) is 0.348. The van der Waals surface area contributed by atoms with Crippen LogP contribution >= 0.6 is 15.9 Å². The molecule has 0 aliphatic heterocycles. The second-order valence-corrected chi connectivity index (χ2v) is 5.03. The van der Waals surface area contributed by atoms with Gasteiger partial charge in [0.25, 0.3) is 0 Å². The van der Waals surface area contributed by atoms with Crippen molar-refractivity contribution < 1.29 is 4.74 Å². The number of aromatic nitrogens is 2. The van der Waals surface area contributed by atoms with Crippen molar-refractivity contribution in [3.63, 3.8) is 0 Å². The predicted octanol–water partition coefficient (Wildman–Crippen LogP) is 2.53. The van der Waals surface area contributed by atoms with Crippen molar-refractivity contribution in [2.45, 2.75) is 26.8 Å². The van der Waals surface area contributed by atoms with Gasteiger partial charge >= 0.3 is 0 Å². The molecule has 1 aromatic heterocycles. The monoisotopic (exact) mass is 316 g/mol. The van der Waals surface area contributed by atoms with Gasteiger partial charge < -0.3 is 15.0 Å². The van der Waals surface area contributed by atoms with Crippen LogP contribution in [0.4, 0.5) is 11.8 Å². The lowest BCUT2D eigenvalue weighted by molar-refractivity contribution is 0.203. The first-order chi connectivity index (χ1) is 8.60. The van der Waals surface area contributed by atoms with Crippen LogP contribution in [0.1, 0.15) is 20.8 Å². The van der Waals surface area contributed by atoms with E-state index in [9.17, 15) is 0 Å². The number of halogens is 1. The van der Waals surface area contributed by atoms with Gasteiger partial charge in [0.2, 0.25) is 5.95 Å². The molecule has 5 nitrogen and oxygen atoms in total. The summed E-state index contributed by atoms with van der Waals surface area (Å²) < 4.78 is 6.04. The minimum Gasteiger partial charge on any atom is -0.383 e. The molecule has 0 spiro atoms. The number of rotatable bonds is 7. The molecule has 0 unspecified atom stereocenters. The Balaban J connectivity index is 2.97. The van der Waals surface area contributed by atoms with Crippen molar-refractivity contribution in [1.29, 1.82) is 0 Å². The summed E-state index contributed by atoms with van der Waals surface area (Å²) in [7, 11) is 1.71. The van der Waals surface area contributed by atoms with Crippen LogP contribution in [0.25, 0.3) is 0 Å². The fourth-order valence-electron chi connectivity index (χ4n) is 1.60. The van der Waals surface area contributed by atoms with Crippen molar-refractivity contribution in [2.24, 2.45) is 0 Å². The van der Waals surface area contributed by atoms with E-state index in [1.54, 1.807) is 13.3 Å². The summed E-state index contributed by atoms with van der Waals surface area (Å²) in [5, 5.41) is 3.12. The van der Waals surface area contributed by atoms with Gasteiger partial charge in [-0.25, -0.2) is 4.98 Å². The first-order valence-corrected chi connectivity index (χ1v) is 6.91. The number of hydrogen-bond donors (Lipinski definition) is 1. The van der Waals surface area contributed by atoms with Crippen LogP contribution in [-0.4, -0.2) is 42.8 Å². The first-order valence-electron chi connectivity index (χ1n) is 6.12. The Kier molecular flexibility index (Phi) is 6.35. The lowest BCUT2D eigenvalue weighted by Crippen LogP contribution is -2.35. The molecule has 18 heavy (non-hydrogen) atoms. The van der Waals surface area contributed by atoms with Crippen LogP contribution in [-0.2, 0) is 4.74 Å². The SMILES string of the molecule is CCNc1ncc(Br)c(N(CCOC)C(C)C)n1. The second-order valence-electron chi connectivity index (χ2n) is 4.18. The van der Waals surface area contributed by atoms with E-state index in [4.69, 9.17) is 4.74 Å². The average Bonchev–Trinajstić information content (AvgIpc) is 2.33. The third kappa shape index (κ3) is 4.10. The Bertz CT molecular complexity index is 373. The number of ether oxygens (including phenoxy) is 1. The van der Waals surface area contributed by atoms with Crippen molar-refractivity contribution in [3.8, 4) is 0 Å². The normalized spacial score (nSPS) is 10.8. The highest BCUT2D eigenvalue weighted by atomic mass is 79.9. The maximum atomic E-state index is 5.15. The van der Waals surface area contributed by atoms with Crippen LogP contribution < -0.4 is 10.2 Å². The van der Waals surface area contributed by atoms with Gasteiger partial charge in [-0.15, -0.1) is 0 Å². The molecule has 0 amide bonds. The largest absolute Gasteiger partial charge is 0.383 e. The van der Waals surface area contributed by atoms with Crippen LogP contribution in [0.2, 0.25) is 0 Å². The van der Waals surface area contributed by atoms with E-state index in [2.05, 4.69) is 50.0 Å². The van der Waals surface area contributed by atoms with Crippen LogP contribution in [0.3, 0.4) is 0 Å².